The highest BCUT2D eigenvalue weighted by atomic mass is 16.7. The second kappa shape index (κ2) is 18.2. The smallest absolute Gasteiger partial charge is 0.197 e. The van der Waals surface area contributed by atoms with Crippen molar-refractivity contribution in [3.8, 4) is 23.0 Å². The molecule has 0 aliphatic carbocycles. The molecule has 0 bridgehead atoms. The Labute approximate surface area is 327 Å². The van der Waals surface area contributed by atoms with E-state index in [9.17, 15) is 0 Å². The molecule has 6 rings (SSSR count). The SMILES string of the molecule is CC(COC(C)Oc1ccc(C(C)(C)c2ccc(OCC3CO3)cc2)cc1)OCC(C)OC(C)Oc1ccc(C(C)(C)c2ccc(OCC3CO3)cc2)cc1. The van der Waals surface area contributed by atoms with E-state index in [1.54, 1.807) is 0 Å². The normalized spacial score (nSPS) is 18.8. The molecule has 4 aromatic rings. The van der Waals surface area contributed by atoms with Crippen LogP contribution in [0.3, 0.4) is 0 Å². The first-order chi connectivity index (χ1) is 26.3. The van der Waals surface area contributed by atoms with Gasteiger partial charge in [-0.1, -0.05) is 76.2 Å². The van der Waals surface area contributed by atoms with Crippen LogP contribution in [0, 0.1) is 0 Å². The molecule has 0 saturated carbocycles. The molecule has 9 heteroatoms. The summed E-state index contributed by atoms with van der Waals surface area (Å²) in [7, 11) is 0. The number of hydrogen-bond donors (Lipinski definition) is 0. The largest absolute Gasteiger partial charge is 0.491 e. The standard InChI is InChI=1S/C46H58O9/c1-31(25-48-33(3)54-41-21-13-37(14-22-41)45(5,6)35-9-17-39(18-10-35)49-27-43-29-51-43)47-26-32(2)53-34(4)55-42-23-15-38(16-24-42)46(7,8)36-11-19-40(20-12-36)50-28-44-30-52-44/h9-24,31-34,43-44H,25-30H2,1-8H3. The van der Waals surface area contributed by atoms with Crippen molar-refractivity contribution in [2.75, 3.05) is 39.6 Å². The minimum atomic E-state index is -0.448. The van der Waals surface area contributed by atoms with Crippen molar-refractivity contribution in [3.63, 3.8) is 0 Å². The van der Waals surface area contributed by atoms with Gasteiger partial charge in [-0.05, 0) is 98.5 Å². The van der Waals surface area contributed by atoms with E-state index in [-0.39, 0.29) is 35.2 Å². The number of ether oxygens (including phenoxy) is 9. The van der Waals surface area contributed by atoms with Crippen molar-refractivity contribution in [1.29, 1.82) is 0 Å². The zero-order chi connectivity index (χ0) is 39.0. The molecular weight excluding hydrogens is 696 g/mol. The van der Waals surface area contributed by atoms with Crippen molar-refractivity contribution in [2.45, 2.75) is 103 Å². The Balaban J connectivity index is 0.870. The van der Waals surface area contributed by atoms with Crippen LogP contribution in [0.2, 0.25) is 0 Å². The van der Waals surface area contributed by atoms with Gasteiger partial charge < -0.3 is 42.6 Å². The summed E-state index contributed by atoms with van der Waals surface area (Å²) >= 11 is 0. The highest BCUT2D eigenvalue weighted by Crippen LogP contribution is 2.35. The molecule has 0 amide bonds. The summed E-state index contributed by atoms with van der Waals surface area (Å²) in [6, 6.07) is 33.0. The quantitative estimate of drug-likeness (QED) is 0.0577. The first kappa shape index (κ1) is 40.5. The molecule has 2 saturated heterocycles. The number of hydrogen-bond acceptors (Lipinski definition) is 9. The highest BCUT2D eigenvalue weighted by Gasteiger charge is 2.27. The van der Waals surface area contributed by atoms with Gasteiger partial charge in [0.1, 0.15) is 48.4 Å². The maximum absolute atomic E-state index is 6.08. The van der Waals surface area contributed by atoms with E-state index in [0.717, 1.165) is 36.2 Å². The van der Waals surface area contributed by atoms with Crippen LogP contribution >= 0.6 is 0 Å². The van der Waals surface area contributed by atoms with Crippen LogP contribution in [0.4, 0.5) is 0 Å². The van der Waals surface area contributed by atoms with Crippen molar-refractivity contribution in [2.24, 2.45) is 0 Å². The summed E-state index contributed by atoms with van der Waals surface area (Å²) in [4.78, 5) is 0. The van der Waals surface area contributed by atoms with Gasteiger partial charge in [0.05, 0.1) is 38.6 Å². The summed E-state index contributed by atoms with van der Waals surface area (Å²) in [6.45, 7) is 20.2. The first-order valence-electron chi connectivity index (χ1n) is 19.5. The van der Waals surface area contributed by atoms with Crippen LogP contribution < -0.4 is 18.9 Å². The molecule has 6 unspecified atom stereocenters. The third kappa shape index (κ3) is 11.9. The van der Waals surface area contributed by atoms with Gasteiger partial charge in [0.15, 0.2) is 12.6 Å². The maximum Gasteiger partial charge on any atom is 0.197 e. The predicted molar refractivity (Wildman–Crippen MR) is 213 cm³/mol. The van der Waals surface area contributed by atoms with Gasteiger partial charge in [-0.15, -0.1) is 0 Å². The molecule has 0 spiro atoms. The zero-order valence-corrected chi connectivity index (χ0v) is 33.6. The molecule has 2 heterocycles. The second-order valence-electron chi connectivity index (χ2n) is 15.7. The molecule has 9 nitrogen and oxygen atoms in total. The number of epoxide rings is 2. The first-order valence-corrected chi connectivity index (χ1v) is 19.5. The van der Waals surface area contributed by atoms with Gasteiger partial charge in [0.25, 0.3) is 0 Å². The Morgan fingerprint density at radius 3 is 1.22 bits per heavy atom. The van der Waals surface area contributed by atoms with Crippen LogP contribution in [0.15, 0.2) is 97.1 Å². The molecule has 2 aliphatic rings. The Bertz CT molecular complexity index is 1750. The summed E-state index contributed by atoms with van der Waals surface area (Å²) in [5.74, 6) is 3.21. The minimum Gasteiger partial charge on any atom is -0.491 e. The number of benzene rings is 4. The molecule has 296 valence electrons. The number of rotatable bonds is 22. The van der Waals surface area contributed by atoms with Gasteiger partial charge in [-0.3, -0.25) is 0 Å². The average Bonchev–Trinajstić information content (AvgIpc) is 4.12. The average molecular weight is 755 g/mol. The van der Waals surface area contributed by atoms with Gasteiger partial charge in [-0.25, -0.2) is 0 Å². The Kier molecular flexibility index (Phi) is 13.4. The third-order valence-electron chi connectivity index (χ3n) is 10.2. The van der Waals surface area contributed by atoms with E-state index in [0.29, 0.717) is 26.4 Å². The lowest BCUT2D eigenvalue weighted by molar-refractivity contribution is -0.143. The molecule has 4 aromatic carbocycles. The summed E-state index contributed by atoms with van der Waals surface area (Å²) < 4.78 is 52.3. The molecule has 55 heavy (non-hydrogen) atoms. The maximum atomic E-state index is 6.08. The lowest BCUT2D eigenvalue weighted by Crippen LogP contribution is -2.29. The lowest BCUT2D eigenvalue weighted by Gasteiger charge is -2.27. The molecule has 6 atom stereocenters. The Morgan fingerprint density at radius 1 is 0.491 bits per heavy atom. The van der Waals surface area contributed by atoms with E-state index < -0.39 is 12.6 Å². The van der Waals surface area contributed by atoms with Crippen molar-refractivity contribution < 1.29 is 42.6 Å². The fourth-order valence-electron chi connectivity index (χ4n) is 6.31. The molecule has 2 aliphatic heterocycles. The van der Waals surface area contributed by atoms with Crippen LogP contribution in [-0.4, -0.2) is 76.6 Å². The van der Waals surface area contributed by atoms with Crippen LogP contribution in [0.25, 0.3) is 0 Å². The van der Waals surface area contributed by atoms with Crippen molar-refractivity contribution in [3.05, 3.63) is 119 Å². The summed E-state index contributed by atoms with van der Waals surface area (Å²) in [5.41, 5.74) is 4.42. The monoisotopic (exact) mass is 754 g/mol. The van der Waals surface area contributed by atoms with Crippen LogP contribution in [0.1, 0.15) is 77.6 Å². The molecule has 0 N–H and O–H groups in total. The summed E-state index contributed by atoms with van der Waals surface area (Å²) in [5, 5.41) is 0. The highest BCUT2D eigenvalue weighted by molar-refractivity contribution is 5.43. The van der Waals surface area contributed by atoms with Gasteiger partial charge >= 0.3 is 0 Å². The van der Waals surface area contributed by atoms with E-state index in [1.807, 2.05) is 76.2 Å². The minimum absolute atomic E-state index is 0.146. The molecular formula is C46H58O9. The fourth-order valence-corrected chi connectivity index (χ4v) is 6.31. The van der Waals surface area contributed by atoms with Crippen LogP contribution in [-0.2, 0) is 34.5 Å². The third-order valence-corrected chi connectivity index (χ3v) is 10.2. The molecule has 0 radical (unpaired) electrons. The fraction of sp³-hybridized carbons (Fsp3) is 0.478. The Morgan fingerprint density at radius 2 is 0.836 bits per heavy atom. The second-order valence-corrected chi connectivity index (χ2v) is 15.7. The van der Waals surface area contributed by atoms with Gasteiger partial charge in [-0.2, -0.15) is 0 Å². The molecule has 2 fully saturated rings. The van der Waals surface area contributed by atoms with Crippen molar-refractivity contribution >= 4 is 0 Å². The Hall–Kier alpha value is -4.12. The predicted octanol–water partition coefficient (Wildman–Crippen LogP) is 8.87. The van der Waals surface area contributed by atoms with Crippen molar-refractivity contribution in [1.82, 2.24) is 0 Å². The lowest BCUT2D eigenvalue weighted by atomic mass is 9.78. The van der Waals surface area contributed by atoms with E-state index >= 15 is 0 Å². The topological polar surface area (TPSA) is 89.7 Å². The van der Waals surface area contributed by atoms with Crippen LogP contribution in [0.5, 0.6) is 23.0 Å². The van der Waals surface area contributed by atoms with Gasteiger partial charge in [0.2, 0.25) is 0 Å². The van der Waals surface area contributed by atoms with Gasteiger partial charge in [0, 0.05) is 10.8 Å². The van der Waals surface area contributed by atoms with E-state index in [1.165, 1.54) is 22.3 Å². The van der Waals surface area contributed by atoms with E-state index in [4.69, 9.17) is 42.6 Å². The summed E-state index contributed by atoms with van der Waals surface area (Å²) in [6.07, 6.45) is -0.726. The molecule has 0 aromatic heterocycles. The van der Waals surface area contributed by atoms with E-state index in [2.05, 4.69) is 76.2 Å². The zero-order valence-electron chi connectivity index (χ0n) is 33.6.